The van der Waals surface area contributed by atoms with Gasteiger partial charge in [-0.25, -0.2) is 19.6 Å². The van der Waals surface area contributed by atoms with Crippen molar-refractivity contribution in [1.29, 1.82) is 0 Å². The molecule has 0 saturated carbocycles. The number of hydrogen-bond acceptors (Lipinski definition) is 4. The number of anilines is 1. The number of halogens is 1. The smallest absolute Gasteiger partial charge is 0.337 e. The van der Waals surface area contributed by atoms with Crippen molar-refractivity contribution in [3.8, 4) is 0 Å². The van der Waals surface area contributed by atoms with Gasteiger partial charge in [-0.05, 0) is 24.3 Å². The van der Waals surface area contributed by atoms with Crippen LogP contribution in [0.25, 0.3) is 0 Å². The predicted octanol–water partition coefficient (Wildman–Crippen LogP) is 2.26. The molecule has 2 rings (SSSR count). The molecule has 0 saturated heterocycles. The highest BCUT2D eigenvalue weighted by Crippen LogP contribution is 2.21. The van der Waals surface area contributed by atoms with Crippen LogP contribution in [-0.2, 0) is 6.54 Å². The Morgan fingerprint density at radius 3 is 2.76 bits per heavy atom. The van der Waals surface area contributed by atoms with Gasteiger partial charge in [-0.15, -0.1) is 0 Å². The third kappa shape index (κ3) is 4.25. The SMILES string of the molecule is O=C(NCc1ccncn1)Nc1cc(Br)ccc1C(=O)O. The highest BCUT2D eigenvalue weighted by molar-refractivity contribution is 9.10. The lowest BCUT2D eigenvalue weighted by Crippen LogP contribution is -2.29. The number of nitrogens with zero attached hydrogens (tertiary/aromatic N) is 2. The van der Waals surface area contributed by atoms with Crippen molar-refractivity contribution in [3.05, 3.63) is 52.5 Å². The van der Waals surface area contributed by atoms with E-state index in [0.29, 0.717) is 10.2 Å². The van der Waals surface area contributed by atoms with Crippen LogP contribution in [0, 0.1) is 0 Å². The van der Waals surface area contributed by atoms with Crippen molar-refractivity contribution in [2.45, 2.75) is 6.54 Å². The highest BCUT2D eigenvalue weighted by Gasteiger charge is 2.12. The summed E-state index contributed by atoms with van der Waals surface area (Å²) in [5.74, 6) is -1.12. The number of rotatable bonds is 4. The van der Waals surface area contributed by atoms with Gasteiger partial charge in [-0.1, -0.05) is 15.9 Å². The Balaban J connectivity index is 2.02. The second kappa shape index (κ2) is 6.80. The number of nitrogens with one attached hydrogen (secondary N) is 2. The van der Waals surface area contributed by atoms with Gasteiger partial charge in [0, 0.05) is 10.7 Å². The number of benzene rings is 1. The van der Waals surface area contributed by atoms with Crippen molar-refractivity contribution >= 4 is 33.6 Å². The minimum atomic E-state index is -1.12. The summed E-state index contributed by atoms with van der Waals surface area (Å²) in [6, 6.07) is 5.67. The van der Waals surface area contributed by atoms with E-state index in [1.165, 1.54) is 18.5 Å². The van der Waals surface area contributed by atoms with Gasteiger partial charge >= 0.3 is 12.0 Å². The summed E-state index contributed by atoms with van der Waals surface area (Å²) < 4.78 is 0.665. The number of carbonyl (C=O) groups is 2. The van der Waals surface area contributed by atoms with E-state index in [0.717, 1.165) is 0 Å². The van der Waals surface area contributed by atoms with Gasteiger partial charge in [0.1, 0.15) is 6.33 Å². The number of aromatic carboxylic acids is 1. The van der Waals surface area contributed by atoms with Crippen LogP contribution in [0.4, 0.5) is 10.5 Å². The molecule has 1 heterocycles. The first-order valence-electron chi connectivity index (χ1n) is 5.89. The fourth-order valence-electron chi connectivity index (χ4n) is 1.57. The van der Waals surface area contributed by atoms with Gasteiger partial charge in [0.25, 0.3) is 0 Å². The molecule has 21 heavy (non-hydrogen) atoms. The Bertz CT molecular complexity index is 664. The molecule has 0 aliphatic carbocycles. The van der Waals surface area contributed by atoms with Crippen LogP contribution in [-0.4, -0.2) is 27.1 Å². The maximum absolute atomic E-state index is 11.8. The van der Waals surface area contributed by atoms with E-state index in [-0.39, 0.29) is 17.8 Å². The Morgan fingerprint density at radius 1 is 1.29 bits per heavy atom. The summed E-state index contributed by atoms with van der Waals surface area (Å²) in [7, 11) is 0. The molecule has 0 spiro atoms. The van der Waals surface area contributed by atoms with Crippen LogP contribution in [0.5, 0.6) is 0 Å². The van der Waals surface area contributed by atoms with E-state index in [9.17, 15) is 9.59 Å². The first-order chi connectivity index (χ1) is 10.1. The molecule has 2 amide bonds. The zero-order chi connectivity index (χ0) is 15.2. The molecule has 3 N–H and O–H groups in total. The molecule has 0 fully saturated rings. The summed E-state index contributed by atoms with van der Waals surface area (Å²) in [6.07, 6.45) is 2.95. The molecule has 1 aromatic heterocycles. The first kappa shape index (κ1) is 14.9. The van der Waals surface area contributed by atoms with Crippen LogP contribution in [0.2, 0.25) is 0 Å². The fraction of sp³-hybridized carbons (Fsp3) is 0.0769. The lowest BCUT2D eigenvalue weighted by molar-refractivity contribution is 0.0698. The van der Waals surface area contributed by atoms with Crippen molar-refractivity contribution in [3.63, 3.8) is 0 Å². The quantitative estimate of drug-likeness (QED) is 0.784. The van der Waals surface area contributed by atoms with E-state index in [2.05, 4.69) is 36.5 Å². The van der Waals surface area contributed by atoms with Gasteiger partial charge < -0.3 is 15.7 Å². The van der Waals surface area contributed by atoms with Gasteiger partial charge in [-0.3, -0.25) is 0 Å². The maximum atomic E-state index is 11.8. The Hall–Kier alpha value is -2.48. The maximum Gasteiger partial charge on any atom is 0.337 e. The van der Waals surface area contributed by atoms with Crippen LogP contribution in [0.15, 0.2) is 41.3 Å². The van der Waals surface area contributed by atoms with Crippen LogP contribution < -0.4 is 10.6 Å². The molecular weight excluding hydrogens is 340 g/mol. The number of amides is 2. The van der Waals surface area contributed by atoms with E-state index in [1.807, 2.05) is 0 Å². The Kier molecular flexibility index (Phi) is 4.83. The molecule has 0 aliphatic heterocycles. The molecule has 0 atom stereocenters. The molecule has 0 bridgehead atoms. The molecule has 1 aromatic carbocycles. The molecule has 0 aliphatic rings. The number of urea groups is 1. The zero-order valence-electron chi connectivity index (χ0n) is 10.7. The van der Waals surface area contributed by atoms with Crippen LogP contribution in [0.1, 0.15) is 16.1 Å². The number of carboxylic acids is 1. The van der Waals surface area contributed by atoms with Crippen LogP contribution in [0.3, 0.4) is 0 Å². The highest BCUT2D eigenvalue weighted by atomic mass is 79.9. The van der Waals surface area contributed by atoms with E-state index in [4.69, 9.17) is 5.11 Å². The summed E-state index contributed by atoms with van der Waals surface area (Å²) in [5.41, 5.74) is 0.861. The molecule has 0 unspecified atom stereocenters. The second-order valence-electron chi connectivity index (χ2n) is 4.00. The number of carbonyl (C=O) groups excluding carboxylic acids is 1. The van der Waals surface area contributed by atoms with Crippen LogP contribution >= 0.6 is 15.9 Å². The molecule has 108 valence electrons. The summed E-state index contributed by atoms with van der Waals surface area (Å²) in [4.78, 5) is 30.6. The minimum absolute atomic E-state index is 0.00962. The van der Waals surface area contributed by atoms with E-state index in [1.54, 1.807) is 18.3 Å². The third-order valence-electron chi connectivity index (χ3n) is 2.53. The Labute approximate surface area is 128 Å². The van der Waals surface area contributed by atoms with E-state index >= 15 is 0 Å². The third-order valence-corrected chi connectivity index (χ3v) is 3.03. The van der Waals surface area contributed by atoms with Crippen molar-refractivity contribution in [1.82, 2.24) is 15.3 Å². The Morgan fingerprint density at radius 2 is 2.10 bits per heavy atom. The standard InChI is InChI=1S/C13H11BrN4O3/c14-8-1-2-10(12(19)20)11(5-8)18-13(21)16-6-9-3-4-15-7-17-9/h1-5,7H,6H2,(H,19,20)(H2,16,18,21). The fourth-order valence-corrected chi connectivity index (χ4v) is 1.93. The number of carboxylic acid groups (broad SMARTS) is 1. The minimum Gasteiger partial charge on any atom is -0.478 e. The predicted molar refractivity (Wildman–Crippen MR) is 79.0 cm³/mol. The first-order valence-corrected chi connectivity index (χ1v) is 6.68. The summed E-state index contributed by atoms with van der Waals surface area (Å²) in [6.45, 7) is 0.213. The molecule has 0 radical (unpaired) electrons. The van der Waals surface area contributed by atoms with Crippen molar-refractivity contribution in [2.24, 2.45) is 0 Å². The molecule has 7 nitrogen and oxygen atoms in total. The summed E-state index contributed by atoms with van der Waals surface area (Å²) in [5, 5.41) is 14.2. The van der Waals surface area contributed by atoms with Gasteiger partial charge in [0.05, 0.1) is 23.5 Å². The zero-order valence-corrected chi connectivity index (χ0v) is 12.3. The average Bonchev–Trinajstić information content (AvgIpc) is 2.46. The normalized spacial score (nSPS) is 9.95. The lowest BCUT2D eigenvalue weighted by atomic mass is 10.2. The lowest BCUT2D eigenvalue weighted by Gasteiger charge is -2.10. The second-order valence-corrected chi connectivity index (χ2v) is 4.92. The molecule has 2 aromatic rings. The average molecular weight is 351 g/mol. The molecule has 8 heteroatoms. The van der Waals surface area contributed by atoms with Gasteiger partial charge in [0.2, 0.25) is 0 Å². The van der Waals surface area contributed by atoms with Gasteiger partial charge in [0.15, 0.2) is 0 Å². The molecular formula is C13H11BrN4O3. The topological polar surface area (TPSA) is 104 Å². The number of hydrogen-bond donors (Lipinski definition) is 3. The monoisotopic (exact) mass is 350 g/mol. The van der Waals surface area contributed by atoms with Gasteiger partial charge in [-0.2, -0.15) is 0 Å². The number of aromatic nitrogens is 2. The van der Waals surface area contributed by atoms with Crippen molar-refractivity contribution < 1.29 is 14.7 Å². The summed E-state index contributed by atoms with van der Waals surface area (Å²) >= 11 is 3.23. The van der Waals surface area contributed by atoms with E-state index < -0.39 is 12.0 Å². The largest absolute Gasteiger partial charge is 0.478 e. The van der Waals surface area contributed by atoms with Crippen molar-refractivity contribution in [2.75, 3.05) is 5.32 Å².